The van der Waals surface area contributed by atoms with Crippen molar-refractivity contribution >= 4 is 11.6 Å². The molecule has 18 heavy (non-hydrogen) atoms. The highest BCUT2D eigenvalue weighted by Gasteiger charge is 2.12. The molecule has 0 aliphatic carbocycles. The van der Waals surface area contributed by atoms with Crippen molar-refractivity contribution in [1.82, 2.24) is 9.78 Å². The number of benzene rings is 1. The molecule has 1 aromatic carbocycles. The average Bonchev–Trinajstić information content (AvgIpc) is 2.82. The highest BCUT2D eigenvalue weighted by molar-refractivity contribution is 6.02. The summed E-state index contributed by atoms with van der Waals surface area (Å²) in [6, 6.07) is 4.74. The molecule has 1 heterocycles. The van der Waals surface area contributed by atoms with Gasteiger partial charge in [0.15, 0.2) is 11.6 Å². The number of carbonyl (C=O) groups is 1. The third-order valence-electron chi connectivity index (χ3n) is 2.43. The molecule has 0 bridgehead atoms. The molecule has 0 spiro atoms. The third-order valence-corrected chi connectivity index (χ3v) is 2.43. The van der Waals surface area contributed by atoms with Crippen molar-refractivity contribution < 1.29 is 13.6 Å². The van der Waals surface area contributed by atoms with Crippen LogP contribution in [0.2, 0.25) is 0 Å². The first-order valence-corrected chi connectivity index (χ1v) is 5.40. The zero-order chi connectivity index (χ0) is 13.1. The number of nitrogens with one attached hydrogen (secondary N) is 1. The Hall–Kier alpha value is -2.24. The summed E-state index contributed by atoms with van der Waals surface area (Å²) in [6.45, 7) is 2.40. The number of hydrogen-bond acceptors (Lipinski definition) is 2. The number of carbonyl (C=O) groups excluding carboxylic acids is 1. The SMILES string of the molecule is CCn1nccc1C(=O)Nc1ccc(F)c(F)c1. The number of nitrogens with zero attached hydrogens (tertiary/aromatic N) is 2. The van der Waals surface area contributed by atoms with E-state index in [-0.39, 0.29) is 5.69 Å². The Morgan fingerprint density at radius 1 is 1.33 bits per heavy atom. The molecule has 0 unspecified atom stereocenters. The first kappa shape index (κ1) is 12.2. The van der Waals surface area contributed by atoms with Crippen LogP contribution in [0.1, 0.15) is 17.4 Å². The Morgan fingerprint density at radius 2 is 2.11 bits per heavy atom. The Morgan fingerprint density at radius 3 is 2.78 bits per heavy atom. The summed E-state index contributed by atoms with van der Waals surface area (Å²) in [6.07, 6.45) is 1.50. The summed E-state index contributed by atoms with van der Waals surface area (Å²) in [4.78, 5) is 11.9. The Kier molecular flexibility index (Phi) is 3.36. The van der Waals surface area contributed by atoms with Crippen LogP contribution in [-0.4, -0.2) is 15.7 Å². The second kappa shape index (κ2) is 4.95. The third kappa shape index (κ3) is 2.37. The van der Waals surface area contributed by atoms with E-state index < -0.39 is 17.5 Å². The predicted molar refractivity (Wildman–Crippen MR) is 62.2 cm³/mol. The molecular formula is C12H11F2N3O. The largest absolute Gasteiger partial charge is 0.321 e. The minimum atomic E-state index is -1.00. The van der Waals surface area contributed by atoms with E-state index in [9.17, 15) is 13.6 Å². The summed E-state index contributed by atoms with van der Waals surface area (Å²) in [7, 11) is 0. The minimum Gasteiger partial charge on any atom is -0.321 e. The van der Waals surface area contributed by atoms with Gasteiger partial charge in [0.05, 0.1) is 0 Å². The topological polar surface area (TPSA) is 46.9 Å². The highest BCUT2D eigenvalue weighted by atomic mass is 19.2. The molecule has 0 radical (unpaired) electrons. The van der Waals surface area contributed by atoms with E-state index in [1.807, 2.05) is 6.92 Å². The molecule has 0 fully saturated rings. The van der Waals surface area contributed by atoms with Gasteiger partial charge in [-0.05, 0) is 25.1 Å². The Bertz CT molecular complexity index is 580. The quantitative estimate of drug-likeness (QED) is 0.910. The molecule has 6 heteroatoms. The molecule has 4 nitrogen and oxygen atoms in total. The number of anilines is 1. The fourth-order valence-electron chi connectivity index (χ4n) is 1.55. The summed E-state index contributed by atoms with van der Waals surface area (Å²) in [5, 5.41) is 6.43. The van der Waals surface area contributed by atoms with Gasteiger partial charge >= 0.3 is 0 Å². The summed E-state index contributed by atoms with van der Waals surface area (Å²) in [5.74, 6) is -2.37. The molecule has 0 saturated heterocycles. The van der Waals surface area contributed by atoms with E-state index >= 15 is 0 Å². The fraction of sp³-hybridized carbons (Fsp3) is 0.167. The Balaban J connectivity index is 2.19. The van der Waals surface area contributed by atoms with Crippen molar-refractivity contribution in [3.05, 3.63) is 47.8 Å². The van der Waals surface area contributed by atoms with Crippen molar-refractivity contribution in [3.8, 4) is 0 Å². The van der Waals surface area contributed by atoms with Gasteiger partial charge in [0.25, 0.3) is 5.91 Å². The lowest BCUT2D eigenvalue weighted by molar-refractivity contribution is 0.101. The molecule has 1 aromatic heterocycles. The minimum absolute atomic E-state index is 0.197. The monoisotopic (exact) mass is 251 g/mol. The second-order valence-electron chi connectivity index (χ2n) is 3.62. The van der Waals surface area contributed by atoms with Crippen molar-refractivity contribution in [1.29, 1.82) is 0 Å². The molecule has 94 valence electrons. The van der Waals surface area contributed by atoms with E-state index in [0.717, 1.165) is 12.1 Å². The fourth-order valence-corrected chi connectivity index (χ4v) is 1.55. The van der Waals surface area contributed by atoms with Gasteiger partial charge in [-0.2, -0.15) is 5.10 Å². The number of aryl methyl sites for hydroxylation is 1. The number of aromatic nitrogens is 2. The standard InChI is InChI=1S/C12H11F2N3O/c1-2-17-11(5-6-15-17)12(18)16-8-3-4-9(13)10(14)7-8/h3-7H,2H2,1H3,(H,16,18). The molecule has 1 N–H and O–H groups in total. The molecule has 2 aromatic rings. The normalized spacial score (nSPS) is 10.4. The van der Waals surface area contributed by atoms with Gasteiger partial charge in [-0.1, -0.05) is 0 Å². The van der Waals surface area contributed by atoms with Crippen LogP contribution < -0.4 is 5.32 Å². The summed E-state index contributed by atoms with van der Waals surface area (Å²) < 4.78 is 27.2. The van der Waals surface area contributed by atoms with E-state index in [0.29, 0.717) is 12.2 Å². The Labute approximate surface area is 102 Å². The van der Waals surface area contributed by atoms with E-state index in [1.54, 1.807) is 6.07 Å². The van der Waals surface area contributed by atoms with Crippen LogP contribution in [-0.2, 0) is 6.54 Å². The molecule has 0 aliphatic rings. The van der Waals surface area contributed by atoms with Crippen LogP contribution in [0, 0.1) is 11.6 Å². The lowest BCUT2D eigenvalue weighted by Gasteiger charge is -2.06. The van der Waals surface area contributed by atoms with Crippen LogP contribution in [0.5, 0.6) is 0 Å². The maximum absolute atomic E-state index is 13.0. The zero-order valence-electron chi connectivity index (χ0n) is 9.65. The molecular weight excluding hydrogens is 240 g/mol. The molecule has 0 saturated carbocycles. The smallest absolute Gasteiger partial charge is 0.273 e. The molecule has 1 amide bonds. The van der Waals surface area contributed by atoms with Crippen LogP contribution >= 0.6 is 0 Å². The van der Waals surface area contributed by atoms with Gasteiger partial charge in [-0.25, -0.2) is 8.78 Å². The van der Waals surface area contributed by atoms with Gasteiger partial charge in [0, 0.05) is 24.5 Å². The first-order valence-electron chi connectivity index (χ1n) is 5.40. The number of hydrogen-bond donors (Lipinski definition) is 1. The van der Waals surface area contributed by atoms with E-state index in [1.165, 1.54) is 16.9 Å². The lowest BCUT2D eigenvalue weighted by Crippen LogP contribution is -2.17. The summed E-state index contributed by atoms with van der Waals surface area (Å²) in [5.41, 5.74) is 0.560. The van der Waals surface area contributed by atoms with Crippen molar-refractivity contribution in [2.24, 2.45) is 0 Å². The van der Waals surface area contributed by atoms with Gasteiger partial charge in [-0.3, -0.25) is 9.48 Å². The van der Waals surface area contributed by atoms with E-state index in [2.05, 4.69) is 10.4 Å². The van der Waals surface area contributed by atoms with Gasteiger partial charge in [-0.15, -0.1) is 0 Å². The van der Waals surface area contributed by atoms with Crippen molar-refractivity contribution in [2.45, 2.75) is 13.5 Å². The number of rotatable bonds is 3. The van der Waals surface area contributed by atoms with Gasteiger partial charge in [0.2, 0.25) is 0 Å². The summed E-state index contributed by atoms with van der Waals surface area (Å²) >= 11 is 0. The van der Waals surface area contributed by atoms with Crippen LogP contribution in [0.3, 0.4) is 0 Å². The van der Waals surface area contributed by atoms with Gasteiger partial charge in [0.1, 0.15) is 5.69 Å². The van der Waals surface area contributed by atoms with Gasteiger partial charge < -0.3 is 5.32 Å². The number of halogens is 2. The first-order chi connectivity index (χ1) is 8.61. The molecule has 0 atom stereocenters. The van der Waals surface area contributed by atoms with Crippen LogP contribution in [0.25, 0.3) is 0 Å². The zero-order valence-corrected chi connectivity index (χ0v) is 9.65. The maximum atomic E-state index is 13.0. The highest BCUT2D eigenvalue weighted by Crippen LogP contribution is 2.14. The predicted octanol–water partition coefficient (Wildman–Crippen LogP) is 2.43. The maximum Gasteiger partial charge on any atom is 0.273 e. The number of amides is 1. The van der Waals surface area contributed by atoms with E-state index in [4.69, 9.17) is 0 Å². The lowest BCUT2D eigenvalue weighted by atomic mass is 10.3. The van der Waals surface area contributed by atoms with Crippen molar-refractivity contribution in [3.63, 3.8) is 0 Å². The second-order valence-corrected chi connectivity index (χ2v) is 3.62. The van der Waals surface area contributed by atoms with Crippen LogP contribution in [0.4, 0.5) is 14.5 Å². The van der Waals surface area contributed by atoms with Crippen molar-refractivity contribution in [2.75, 3.05) is 5.32 Å². The molecule has 2 rings (SSSR count). The van der Waals surface area contributed by atoms with Crippen LogP contribution in [0.15, 0.2) is 30.5 Å². The molecule has 0 aliphatic heterocycles. The average molecular weight is 251 g/mol.